The van der Waals surface area contributed by atoms with Crippen LogP contribution in [-0.2, 0) is 0 Å². The lowest BCUT2D eigenvalue weighted by atomic mass is 9.83. The van der Waals surface area contributed by atoms with Gasteiger partial charge in [0.05, 0.1) is 11.6 Å². The van der Waals surface area contributed by atoms with Crippen LogP contribution < -0.4 is 10.1 Å². The van der Waals surface area contributed by atoms with Crippen LogP contribution in [0.5, 0.6) is 5.75 Å². The number of hydrogen-bond acceptors (Lipinski definition) is 4. The van der Waals surface area contributed by atoms with Gasteiger partial charge in [-0.15, -0.1) is 0 Å². The number of nitriles is 1. The number of hydrogen-bond donors (Lipinski definition) is 1. The molecule has 1 saturated heterocycles. The van der Waals surface area contributed by atoms with Gasteiger partial charge in [-0.2, -0.15) is 5.26 Å². The zero-order chi connectivity index (χ0) is 21.5. The predicted molar refractivity (Wildman–Crippen MR) is 124 cm³/mol. The van der Waals surface area contributed by atoms with E-state index in [1.807, 2.05) is 24.3 Å². The average Bonchev–Trinajstić information content (AvgIpc) is 2.85. The van der Waals surface area contributed by atoms with Crippen LogP contribution >= 0.6 is 0 Å². The molecule has 31 heavy (non-hydrogen) atoms. The zero-order valence-corrected chi connectivity index (χ0v) is 17.9. The smallest absolute Gasteiger partial charge is 0.152 e. The Morgan fingerprint density at radius 3 is 2.29 bits per heavy atom. The molecule has 3 aromatic rings. The van der Waals surface area contributed by atoms with Crippen molar-refractivity contribution >= 4 is 0 Å². The predicted octanol–water partition coefficient (Wildman–Crippen LogP) is 4.78. The first-order valence-electron chi connectivity index (χ1n) is 11.0. The molecule has 1 aliphatic heterocycles. The highest BCUT2D eigenvalue weighted by molar-refractivity contribution is 5.37. The van der Waals surface area contributed by atoms with Gasteiger partial charge in [-0.25, -0.2) is 0 Å². The lowest BCUT2D eigenvalue weighted by Gasteiger charge is -2.44. The van der Waals surface area contributed by atoms with E-state index in [1.165, 1.54) is 11.1 Å². The molecule has 0 aliphatic carbocycles. The third kappa shape index (κ3) is 4.96. The van der Waals surface area contributed by atoms with E-state index in [2.05, 4.69) is 83.9 Å². The lowest BCUT2D eigenvalue weighted by molar-refractivity contribution is -0.0237. The van der Waals surface area contributed by atoms with Gasteiger partial charge in [-0.1, -0.05) is 73.7 Å². The van der Waals surface area contributed by atoms with Crippen LogP contribution in [0.4, 0.5) is 0 Å². The van der Waals surface area contributed by atoms with Crippen molar-refractivity contribution in [2.24, 2.45) is 0 Å². The first-order chi connectivity index (χ1) is 15.3. The number of nitrogens with one attached hydrogen (secondary N) is 1. The summed E-state index contributed by atoms with van der Waals surface area (Å²) in [7, 11) is 0. The van der Waals surface area contributed by atoms with Gasteiger partial charge in [0.2, 0.25) is 0 Å². The number of piperazine rings is 1. The van der Waals surface area contributed by atoms with Crippen LogP contribution in [0.3, 0.4) is 0 Å². The van der Waals surface area contributed by atoms with Crippen molar-refractivity contribution in [1.82, 2.24) is 10.2 Å². The van der Waals surface area contributed by atoms with Crippen molar-refractivity contribution in [3.8, 4) is 11.8 Å². The quantitative estimate of drug-likeness (QED) is 0.608. The van der Waals surface area contributed by atoms with Crippen LogP contribution in [0, 0.1) is 11.3 Å². The molecule has 4 nitrogen and oxygen atoms in total. The van der Waals surface area contributed by atoms with Gasteiger partial charge in [0, 0.05) is 31.6 Å². The first kappa shape index (κ1) is 21.1. The summed E-state index contributed by atoms with van der Waals surface area (Å²) in [5.41, 5.74) is 3.25. The van der Waals surface area contributed by atoms with Crippen LogP contribution in [0.15, 0.2) is 84.9 Å². The molecule has 2 unspecified atom stereocenters. The van der Waals surface area contributed by atoms with E-state index < -0.39 is 0 Å². The Labute approximate surface area is 185 Å². The van der Waals surface area contributed by atoms with Crippen molar-refractivity contribution in [2.75, 3.05) is 19.6 Å². The summed E-state index contributed by atoms with van der Waals surface area (Å²) in [6.07, 6.45) is 0.805. The third-order valence-electron chi connectivity index (χ3n) is 5.98. The minimum atomic E-state index is -0.0593. The molecule has 1 heterocycles. The van der Waals surface area contributed by atoms with Gasteiger partial charge in [0.1, 0.15) is 5.75 Å². The van der Waals surface area contributed by atoms with Crippen LogP contribution in [0.2, 0.25) is 0 Å². The SMILES string of the molecule is CCC(Oc1cccc(C#N)c1)N1CCNCC1C(c1ccccc1)c1ccccc1. The fourth-order valence-corrected chi connectivity index (χ4v) is 4.55. The molecule has 4 rings (SSSR count). The topological polar surface area (TPSA) is 48.3 Å². The molecule has 0 saturated carbocycles. The zero-order valence-electron chi connectivity index (χ0n) is 17.9. The molecule has 4 heteroatoms. The largest absolute Gasteiger partial charge is 0.475 e. The van der Waals surface area contributed by atoms with Crippen molar-refractivity contribution in [1.29, 1.82) is 5.26 Å². The average molecular weight is 412 g/mol. The molecule has 1 N–H and O–H groups in total. The fourth-order valence-electron chi connectivity index (χ4n) is 4.55. The second-order valence-electron chi connectivity index (χ2n) is 7.93. The summed E-state index contributed by atoms with van der Waals surface area (Å²) >= 11 is 0. The normalized spacial score (nSPS) is 17.8. The highest BCUT2D eigenvalue weighted by Gasteiger charge is 2.36. The van der Waals surface area contributed by atoms with Gasteiger partial charge in [0.15, 0.2) is 6.23 Å². The van der Waals surface area contributed by atoms with E-state index >= 15 is 0 Å². The molecule has 1 fully saturated rings. The second-order valence-corrected chi connectivity index (χ2v) is 7.93. The maximum atomic E-state index is 9.24. The Morgan fingerprint density at radius 1 is 1.00 bits per heavy atom. The highest BCUT2D eigenvalue weighted by atomic mass is 16.5. The molecule has 0 aromatic heterocycles. The standard InChI is InChI=1S/C27H29N3O/c1-2-26(31-24-15-9-10-21(18-24)19-28)30-17-16-29-20-25(30)27(22-11-5-3-6-12-22)23-13-7-4-8-14-23/h3-15,18,25-27,29H,2,16-17,20H2,1H3. The maximum absolute atomic E-state index is 9.24. The van der Waals surface area contributed by atoms with Crippen molar-refractivity contribution in [2.45, 2.75) is 31.5 Å². The lowest BCUT2D eigenvalue weighted by Crippen LogP contribution is -2.58. The van der Waals surface area contributed by atoms with Gasteiger partial charge in [-0.05, 0) is 35.7 Å². The molecule has 0 amide bonds. The van der Waals surface area contributed by atoms with E-state index in [-0.39, 0.29) is 18.2 Å². The third-order valence-corrected chi connectivity index (χ3v) is 5.98. The molecule has 0 bridgehead atoms. The Hall–Kier alpha value is -3.13. The van der Waals surface area contributed by atoms with Crippen LogP contribution in [0.25, 0.3) is 0 Å². The van der Waals surface area contributed by atoms with Gasteiger partial charge in [0.25, 0.3) is 0 Å². The van der Waals surface area contributed by atoms with E-state index in [9.17, 15) is 5.26 Å². The Bertz CT molecular complexity index is 960. The highest BCUT2D eigenvalue weighted by Crippen LogP contribution is 2.33. The van der Waals surface area contributed by atoms with Gasteiger partial charge in [-0.3, -0.25) is 4.90 Å². The molecular formula is C27H29N3O. The minimum Gasteiger partial charge on any atom is -0.475 e. The Kier molecular flexibility index (Phi) is 6.99. The fraction of sp³-hybridized carbons (Fsp3) is 0.296. The summed E-state index contributed by atoms with van der Waals surface area (Å²) in [4.78, 5) is 2.50. The molecule has 0 spiro atoms. The number of nitrogens with zero attached hydrogens (tertiary/aromatic N) is 2. The van der Waals surface area contributed by atoms with Gasteiger partial charge < -0.3 is 10.1 Å². The number of rotatable bonds is 7. The van der Waals surface area contributed by atoms with E-state index in [0.717, 1.165) is 31.8 Å². The molecule has 158 valence electrons. The van der Waals surface area contributed by atoms with Crippen molar-refractivity contribution in [3.05, 3.63) is 102 Å². The second kappa shape index (κ2) is 10.3. The maximum Gasteiger partial charge on any atom is 0.152 e. The van der Waals surface area contributed by atoms with Crippen LogP contribution in [0.1, 0.15) is 36.0 Å². The molecule has 1 aliphatic rings. The Balaban J connectivity index is 1.67. The monoisotopic (exact) mass is 411 g/mol. The Morgan fingerprint density at radius 2 is 1.68 bits per heavy atom. The van der Waals surface area contributed by atoms with E-state index in [0.29, 0.717) is 5.56 Å². The first-order valence-corrected chi connectivity index (χ1v) is 11.0. The summed E-state index contributed by atoms with van der Waals surface area (Å²) in [6, 6.07) is 31.4. The molecule has 0 radical (unpaired) electrons. The molecule has 2 atom stereocenters. The molecular weight excluding hydrogens is 382 g/mol. The number of benzene rings is 3. The summed E-state index contributed by atoms with van der Waals surface area (Å²) < 4.78 is 6.44. The van der Waals surface area contributed by atoms with E-state index in [4.69, 9.17) is 4.74 Å². The number of ether oxygens (including phenoxy) is 1. The minimum absolute atomic E-state index is 0.0593. The summed E-state index contributed by atoms with van der Waals surface area (Å²) in [6.45, 7) is 4.91. The van der Waals surface area contributed by atoms with Crippen molar-refractivity contribution < 1.29 is 4.74 Å². The van der Waals surface area contributed by atoms with E-state index in [1.54, 1.807) is 0 Å². The summed E-state index contributed by atoms with van der Waals surface area (Å²) in [5.74, 6) is 0.984. The van der Waals surface area contributed by atoms with Crippen LogP contribution in [-0.4, -0.2) is 36.8 Å². The van der Waals surface area contributed by atoms with Gasteiger partial charge >= 0.3 is 0 Å². The molecule has 3 aromatic carbocycles. The van der Waals surface area contributed by atoms with Crippen molar-refractivity contribution in [3.63, 3.8) is 0 Å². The summed E-state index contributed by atoms with van der Waals surface area (Å²) in [5, 5.41) is 12.9.